The Labute approximate surface area is 181 Å². The van der Waals surface area contributed by atoms with E-state index in [0.717, 1.165) is 22.2 Å². The van der Waals surface area contributed by atoms with Gasteiger partial charge in [0, 0.05) is 19.7 Å². The molecule has 1 aromatic heterocycles. The highest BCUT2D eigenvalue weighted by atomic mass is 16.5. The van der Waals surface area contributed by atoms with Crippen molar-refractivity contribution in [2.24, 2.45) is 0 Å². The van der Waals surface area contributed by atoms with E-state index >= 15 is 0 Å². The number of hydrogen-bond acceptors (Lipinski definition) is 4. The molecule has 1 heterocycles. The van der Waals surface area contributed by atoms with Gasteiger partial charge in [0.15, 0.2) is 18.0 Å². The van der Waals surface area contributed by atoms with Crippen molar-refractivity contribution in [3.63, 3.8) is 0 Å². The molecule has 0 aliphatic rings. The summed E-state index contributed by atoms with van der Waals surface area (Å²) in [7, 11) is 1.57. The van der Waals surface area contributed by atoms with Crippen LogP contribution in [-0.4, -0.2) is 34.2 Å². The number of aryl methyl sites for hydroxylation is 1. The number of benzene rings is 3. The molecule has 2 N–H and O–H groups in total. The number of ether oxygens (including phenoxy) is 1. The van der Waals surface area contributed by atoms with Crippen molar-refractivity contribution < 1.29 is 14.6 Å². The van der Waals surface area contributed by atoms with Crippen LogP contribution in [0.2, 0.25) is 0 Å². The third kappa shape index (κ3) is 3.78. The summed E-state index contributed by atoms with van der Waals surface area (Å²) in [5.74, 6) is 0.901. The molecular weight excluding hydrogens is 390 g/mol. The largest absolute Gasteiger partial charge is 0.484 e. The third-order valence-corrected chi connectivity index (χ3v) is 5.39. The van der Waals surface area contributed by atoms with Gasteiger partial charge >= 0.3 is 0 Å². The van der Waals surface area contributed by atoms with E-state index in [4.69, 9.17) is 9.72 Å². The maximum absolute atomic E-state index is 12.1. The summed E-state index contributed by atoms with van der Waals surface area (Å²) in [6.45, 7) is 2.55. The van der Waals surface area contributed by atoms with Crippen LogP contribution in [0.1, 0.15) is 23.9 Å². The minimum absolute atomic E-state index is 0.0624. The number of imidazole rings is 1. The maximum Gasteiger partial charge on any atom is 0.257 e. The van der Waals surface area contributed by atoms with Gasteiger partial charge in [-0.05, 0) is 30.2 Å². The number of nitrogens with zero attached hydrogens (tertiary/aromatic N) is 2. The van der Waals surface area contributed by atoms with Gasteiger partial charge in [0.2, 0.25) is 0 Å². The summed E-state index contributed by atoms with van der Waals surface area (Å²) in [6.07, 6.45) is 0. The highest BCUT2D eigenvalue weighted by Gasteiger charge is 2.38. The first kappa shape index (κ1) is 20.6. The molecule has 0 unspecified atom stereocenters. The van der Waals surface area contributed by atoms with E-state index < -0.39 is 5.60 Å². The lowest BCUT2D eigenvalue weighted by molar-refractivity contribution is -0.122. The van der Waals surface area contributed by atoms with Crippen LogP contribution < -0.4 is 10.1 Å². The molecule has 0 bridgehead atoms. The van der Waals surface area contributed by atoms with E-state index in [0.29, 0.717) is 18.1 Å². The van der Waals surface area contributed by atoms with E-state index in [1.165, 1.54) is 0 Å². The van der Waals surface area contributed by atoms with Crippen molar-refractivity contribution >= 4 is 16.9 Å². The van der Waals surface area contributed by atoms with E-state index in [1.54, 1.807) is 13.1 Å². The Bertz CT molecular complexity index is 1150. The second-order valence-corrected chi connectivity index (χ2v) is 7.23. The number of aliphatic hydroxyl groups is 1. The van der Waals surface area contributed by atoms with E-state index in [9.17, 15) is 9.90 Å². The van der Waals surface area contributed by atoms with Crippen molar-refractivity contribution in [2.75, 3.05) is 13.7 Å². The molecule has 158 valence electrons. The van der Waals surface area contributed by atoms with Crippen molar-refractivity contribution in [3.05, 3.63) is 95.8 Å². The number of likely N-dealkylation sites (N-methyl/N-ethyl adjacent to an activating group) is 1. The van der Waals surface area contributed by atoms with Crippen LogP contribution in [0, 0.1) is 0 Å². The summed E-state index contributed by atoms with van der Waals surface area (Å²) in [5, 5.41) is 14.7. The molecule has 0 aliphatic heterocycles. The number of fused-ring (bicyclic) bond motifs is 1. The normalized spacial score (nSPS) is 11.5. The zero-order chi connectivity index (χ0) is 21.8. The molecule has 31 heavy (non-hydrogen) atoms. The van der Waals surface area contributed by atoms with Crippen LogP contribution in [0.5, 0.6) is 5.75 Å². The number of rotatable bonds is 7. The van der Waals surface area contributed by atoms with E-state index in [1.807, 2.05) is 84.3 Å². The first-order chi connectivity index (χ1) is 15.1. The fourth-order valence-corrected chi connectivity index (χ4v) is 3.79. The molecule has 0 saturated heterocycles. The SMILES string of the molecule is CCn1c(C(O)(c2ccccc2)c2ccccc2)nc2ccc(OCC(=O)NC)cc21. The van der Waals surface area contributed by atoms with Crippen molar-refractivity contribution in [2.45, 2.75) is 19.1 Å². The summed E-state index contributed by atoms with van der Waals surface area (Å²) in [6, 6.07) is 24.6. The fraction of sp³-hybridized carbons (Fsp3) is 0.200. The van der Waals surface area contributed by atoms with Crippen molar-refractivity contribution in [1.82, 2.24) is 14.9 Å². The molecule has 3 aromatic carbocycles. The second kappa shape index (κ2) is 8.62. The Morgan fingerprint density at radius 2 is 1.65 bits per heavy atom. The number of aromatic nitrogens is 2. The molecule has 4 aromatic rings. The minimum Gasteiger partial charge on any atom is -0.484 e. The predicted molar refractivity (Wildman–Crippen MR) is 120 cm³/mol. The van der Waals surface area contributed by atoms with Gasteiger partial charge in [-0.1, -0.05) is 60.7 Å². The van der Waals surface area contributed by atoms with Gasteiger partial charge in [0.05, 0.1) is 11.0 Å². The summed E-state index contributed by atoms with van der Waals surface area (Å²) in [5.41, 5.74) is 1.62. The third-order valence-electron chi connectivity index (χ3n) is 5.39. The van der Waals surface area contributed by atoms with E-state index in [2.05, 4.69) is 5.32 Å². The number of carbonyl (C=O) groups is 1. The Morgan fingerprint density at radius 3 is 2.19 bits per heavy atom. The molecule has 6 nitrogen and oxygen atoms in total. The Hall–Kier alpha value is -3.64. The molecule has 0 spiro atoms. The lowest BCUT2D eigenvalue weighted by atomic mass is 9.85. The van der Waals surface area contributed by atoms with Crippen LogP contribution in [-0.2, 0) is 16.9 Å². The first-order valence-electron chi connectivity index (χ1n) is 10.3. The average molecular weight is 415 g/mol. The minimum atomic E-state index is -1.43. The van der Waals surface area contributed by atoms with Crippen LogP contribution in [0.4, 0.5) is 0 Å². The maximum atomic E-state index is 12.1. The molecule has 0 fully saturated rings. The Kier molecular flexibility index (Phi) is 5.73. The second-order valence-electron chi connectivity index (χ2n) is 7.23. The zero-order valence-electron chi connectivity index (χ0n) is 17.6. The molecule has 0 atom stereocenters. The molecular formula is C25H25N3O3. The number of nitrogens with one attached hydrogen (secondary N) is 1. The molecule has 0 aliphatic carbocycles. The molecule has 4 rings (SSSR count). The van der Waals surface area contributed by atoms with Crippen molar-refractivity contribution in [3.8, 4) is 5.75 Å². The topological polar surface area (TPSA) is 76.4 Å². The molecule has 0 radical (unpaired) electrons. The fourth-order valence-electron chi connectivity index (χ4n) is 3.79. The van der Waals surface area contributed by atoms with Gasteiger partial charge in [-0.2, -0.15) is 0 Å². The summed E-state index contributed by atoms with van der Waals surface area (Å²) >= 11 is 0. The van der Waals surface area contributed by atoms with Gasteiger partial charge in [0.1, 0.15) is 5.75 Å². The quantitative estimate of drug-likeness (QED) is 0.485. The Balaban J connectivity index is 1.88. The van der Waals surface area contributed by atoms with Gasteiger partial charge < -0.3 is 19.7 Å². The Morgan fingerprint density at radius 1 is 1.03 bits per heavy atom. The number of hydrogen-bond donors (Lipinski definition) is 2. The molecule has 6 heteroatoms. The van der Waals surface area contributed by atoms with Crippen molar-refractivity contribution in [1.29, 1.82) is 0 Å². The summed E-state index contributed by atoms with van der Waals surface area (Å²) in [4.78, 5) is 16.4. The standard InChI is InChI=1S/C25H25N3O3/c1-3-28-22-16-20(31-17-23(29)26-2)14-15-21(22)27-24(28)25(30,18-10-6-4-7-11-18)19-12-8-5-9-13-19/h4-16,30H,3,17H2,1-2H3,(H,26,29). The van der Waals surface area contributed by atoms with Gasteiger partial charge in [0.25, 0.3) is 5.91 Å². The zero-order valence-corrected chi connectivity index (χ0v) is 17.6. The number of amides is 1. The number of carbonyl (C=O) groups excluding carboxylic acids is 1. The van der Waals surface area contributed by atoms with Crippen LogP contribution in [0.3, 0.4) is 0 Å². The predicted octanol–water partition coefficient (Wildman–Crippen LogP) is 3.47. The molecule has 0 saturated carbocycles. The van der Waals surface area contributed by atoms with E-state index in [-0.39, 0.29) is 12.5 Å². The van der Waals surface area contributed by atoms with Gasteiger partial charge in [-0.3, -0.25) is 4.79 Å². The monoisotopic (exact) mass is 415 g/mol. The molecule has 1 amide bonds. The van der Waals surface area contributed by atoms with Crippen LogP contribution in [0.15, 0.2) is 78.9 Å². The highest BCUT2D eigenvalue weighted by Crippen LogP contribution is 2.38. The van der Waals surface area contributed by atoms with Crippen LogP contribution in [0.25, 0.3) is 11.0 Å². The average Bonchev–Trinajstić information content (AvgIpc) is 3.21. The van der Waals surface area contributed by atoms with Gasteiger partial charge in [-0.25, -0.2) is 4.98 Å². The lowest BCUT2D eigenvalue weighted by Gasteiger charge is -2.29. The van der Waals surface area contributed by atoms with Crippen LogP contribution >= 0.6 is 0 Å². The highest BCUT2D eigenvalue weighted by molar-refractivity contribution is 5.79. The summed E-state index contributed by atoms with van der Waals surface area (Å²) < 4.78 is 7.60. The smallest absolute Gasteiger partial charge is 0.257 e. The first-order valence-corrected chi connectivity index (χ1v) is 10.3. The lowest BCUT2D eigenvalue weighted by Crippen LogP contribution is -2.32. The van der Waals surface area contributed by atoms with Gasteiger partial charge in [-0.15, -0.1) is 0 Å².